The molecule has 136 valence electrons. The van der Waals surface area contributed by atoms with Crippen molar-refractivity contribution < 1.29 is 9.90 Å². The highest BCUT2D eigenvalue weighted by atomic mass is 16.4. The Bertz CT molecular complexity index is 759. The molecule has 4 heteroatoms. The lowest BCUT2D eigenvalue weighted by Gasteiger charge is -2.32. The van der Waals surface area contributed by atoms with E-state index >= 15 is 0 Å². The first-order valence-electron chi connectivity index (χ1n) is 9.14. The van der Waals surface area contributed by atoms with Gasteiger partial charge < -0.3 is 14.9 Å². The highest BCUT2D eigenvalue weighted by Crippen LogP contribution is 2.40. The van der Waals surface area contributed by atoms with E-state index in [9.17, 15) is 9.90 Å². The van der Waals surface area contributed by atoms with E-state index in [4.69, 9.17) is 0 Å². The average molecular weight is 350 g/mol. The van der Waals surface area contributed by atoms with E-state index < -0.39 is 12.1 Å². The molecular formula is C22H26N2O2. The molecule has 0 aliphatic carbocycles. The summed E-state index contributed by atoms with van der Waals surface area (Å²) in [6, 6.07) is 16.1. The van der Waals surface area contributed by atoms with E-state index in [0.29, 0.717) is 0 Å². The summed E-state index contributed by atoms with van der Waals surface area (Å²) in [7, 11) is 0. The minimum atomic E-state index is -0.847. The summed E-state index contributed by atoms with van der Waals surface area (Å²) < 4.78 is 0. The predicted octanol–water partition coefficient (Wildman–Crippen LogP) is 5.07. The van der Waals surface area contributed by atoms with Crippen LogP contribution in [0.4, 0.5) is 11.4 Å². The quantitative estimate of drug-likeness (QED) is 0.817. The molecule has 0 amide bonds. The van der Waals surface area contributed by atoms with Crippen LogP contribution in [-0.2, 0) is 4.79 Å². The summed E-state index contributed by atoms with van der Waals surface area (Å²) in [6.07, 6.45) is 0.789. The first-order valence-corrected chi connectivity index (χ1v) is 9.14. The van der Waals surface area contributed by atoms with Crippen molar-refractivity contribution in [1.82, 2.24) is 0 Å². The lowest BCUT2D eigenvalue weighted by molar-refractivity contribution is -0.138. The summed E-state index contributed by atoms with van der Waals surface area (Å²) >= 11 is 0. The van der Waals surface area contributed by atoms with Crippen LogP contribution in [0.15, 0.2) is 59.9 Å². The number of rotatable bonds is 5. The number of allylic oxidation sites excluding steroid dienone is 2. The Balaban J connectivity index is 2.17. The Labute approximate surface area is 155 Å². The number of aryl methyl sites for hydroxylation is 2. The van der Waals surface area contributed by atoms with Gasteiger partial charge in [0.25, 0.3) is 0 Å². The van der Waals surface area contributed by atoms with Gasteiger partial charge >= 0.3 is 5.97 Å². The lowest BCUT2D eigenvalue weighted by atomic mass is 10.1. The van der Waals surface area contributed by atoms with Crippen molar-refractivity contribution in [1.29, 1.82) is 0 Å². The van der Waals surface area contributed by atoms with Crippen LogP contribution in [0.2, 0.25) is 0 Å². The number of nitrogens with zero attached hydrogens (tertiary/aromatic N) is 2. The molecule has 2 aromatic carbocycles. The number of carboxylic acids is 1. The molecule has 1 N–H and O–H groups in total. The normalized spacial score (nSPS) is 15.1. The van der Waals surface area contributed by atoms with E-state index in [0.717, 1.165) is 46.7 Å². The topological polar surface area (TPSA) is 43.8 Å². The summed E-state index contributed by atoms with van der Waals surface area (Å²) in [5.74, 6) is -0.847. The number of carbonyl (C=O) groups is 1. The van der Waals surface area contributed by atoms with Gasteiger partial charge in [-0.3, -0.25) is 0 Å². The van der Waals surface area contributed by atoms with Gasteiger partial charge in [0.2, 0.25) is 6.17 Å². The van der Waals surface area contributed by atoms with Crippen LogP contribution < -0.4 is 9.80 Å². The van der Waals surface area contributed by atoms with Crippen molar-refractivity contribution in [3.8, 4) is 0 Å². The highest BCUT2D eigenvalue weighted by molar-refractivity contribution is 5.87. The van der Waals surface area contributed by atoms with Gasteiger partial charge in [0.05, 0.1) is 0 Å². The largest absolute Gasteiger partial charge is 0.478 e. The van der Waals surface area contributed by atoms with Crippen LogP contribution in [0.3, 0.4) is 0 Å². The van der Waals surface area contributed by atoms with Crippen molar-refractivity contribution in [2.45, 2.75) is 46.7 Å². The minimum Gasteiger partial charge on any atom is -0.478 e. The smallest absolute Gasteiger partial charge is 0.348 e. The Hall–Kier alpha value is -2.75. The van der Waals surface area contributed by atoms with E-state index in [1.165, 1.54) is 0 Å². The maximum atomic E-state index is 12.3. The van der Waals surface area contributed by atoms with Crippen molar-refractivity contribution >= 4 is 17.3 Å². The van der Waals surface area contributed by atoms with Crippen molar-refractivity contribution in [3.05, 3.63) is 71.1 Å². The van der Waals surface area contributed by atoms with Crippen molar-refractivity contribution in [2.24, 2.45) is 0 Å². The van der Waals surface area contributed by atoms with Gasteiger partial charge in [-0.25, -0.2) is 4.79 Å². The van der Waals surface area contributed by atoms with Crippen molar-refractivity contribution in [2.75, 3.05) is 9.80 Å². The summed E-state index contributed by atoms with van der Waals surface area (Å²) in [5, 5.41) is 10.1. The van der Waals surface area contributed by atoms with Crippen LogP contribution in [0, 0.1) is 13.8 Å². The molecule has 0 atom stereocenters. The van der Waals surface area contributed by atoms with Crippen LogP contribution in [0.5, 0.6) is 0 Å². The van der Waals surface area contributed by atoms with E-state index in [2.05, 4.69) is 13.8 Å². The van der Waals surface area contributed by atoms with Crippen LogP contribution in [0.1, 0.15) is 37.8 Å². The van der Waals surface area contributed by atoms with Crippen LogP contribution >= 0.6 is 0 Å². The molecule has 1 heterocycles. The minimum absolute atomic E-state index is 0.773. The molecule has 4 nitrogen and oxygen atoms in total. The summed E-state index contributed by atoms with van der Waals surface area (Å²) in [6.45, 7) is 8.25. The van der Waals surface area contributed by atoms with E-state index in [-0.39, 0.29) is 0 Å². The van der Waals surface area contributed by atoms with Crippen LogP contribution in [0.25, 0.3) is 0 Å². The molecule has 0 saturated heterocycles. The third-order valence-electron chi connectivity index (χ3n) is 4.92. The molecule has 0 unspecified atom stereocenters. The summed E-state index contributed by atoms with van der Waals surface area (Å²) in [4.78, 5) is 16.3. The molecule has 26 heavy (non-hydrogen) atoms. The third-order valence-corrected chi connectivity index (χ3v) is 4.92. The van der Waals surface area contributed by atoms with Gasteiger partial charge in [-0.2, -0.15) is 0 Å². The lowest BCUT2D eigenvalue weighted by Crippen LogP contribution is -2.47. The van der Waals surface area contributed by atoms with Gasteiger partial charge in [0, 0.05) is 22.8 Å². The third kappa shape index (κ3) is 3.07. The van der Waals surface area contributed by atoms with Gasteiger partial charge in [0.1, 0.15) is 0 Å². The fourth-order valence-electron chi connectivity index (χ4n) is 3.66. The van der Waals surface area contributed by atoms with E-state index in [1.807, 2.05) is 72.2 Å². The first-order chi connectivity index (χ1) is 12.5. The SMILES string of the molecule is CCC1=C(CC)N(c2ccc(C)cc2)C(C(=O)O)N1c1ccc(C)cc1. The number of hydrogen-bond donors (Lipinski definition) is 1. The summed E-state index contributed by atoms with van der Waals surface area (Å²) in [5.41, 5.74) is 6.30. The Morgan fingerprint density at radius 2 is 1.15 bits per heavy atom. The molecule has 1 aliphatic heterocycles. The molecular weight excluding hydrogens is 324 g/mol. The van der Waals surface area contributed by atoms with Gasteiger partial charge in [-0.15, -0.1) is 0 Å². The fraction of sp³-hybridized carbons (Fsp3) is 0.318. The number of anilines is 2. The Kier molecular flexibility index (Phi) is 5.03. The zero-order chi connectivity index (χ0) is 18.8. The first kappa shape index (κ1) is 18.1. The molecule has 2 aromatic rings. The molecule has 0 saturated carbocycles. The molecule has 0 bridgehead atoms. The molecule has 0 radical (unpaired) electrons. The van der Waals surface area contributed by atoms with Gasteiger partial charge in [-0.1, -0.05) is 49.2 Å². The number of benzene rings is 2. The fourth-order valence-corrected chi connectivity index (χ4v) is 3.66. The Morgan fingerprint density at radius 1 is 0.808 bits per heavy atom. The standard InChI is InChI=1S/C22H26N2O2/c1-5-19-20(6-2)24(18-13-9-16(4)10-14-18)21(22(25)26)23(19)17-11-7-15(3)8-12-17/h7-14,21H,5-6H2,1-4H3,(H,25,26). The number of aliphatic carboxylic acids is 1. The van der Waals surface area contributed by atoms with Crippen LogP contribution in [-0.4, -0.2) is 17.2 Å². The average Bonchev–Trinajstić information content (AvgIpc) is 2.97. The van der Waals surface area contributed by atoms with Gasteiger partial charge in [-0.05, 0) is 51.0 Å². The molecule has 0 aromatic heterocycles. The zero-order valence-electron chi connectivity index (χ0n) is 15.9. The molecule has 1 aliphatic rings. The molecule has 3 rings (SSSR count). The number of hydrogen-bond acceptors (Lipinski definition) is 3. The predicted molar refractivity (Wildman–Crippen MR) is 106 cm³/mol. The highest BCUT2D eigenvalue weighted by Gasteiger charge is 2.42. The second-order valence-electron chi connectivity index (χ2n) is 6.72. The number of carboxylic acid groups (broad SMARTS) is 1. The monoisotopic (exact) mass is 350 g/mol. The molecule has 0 fully saturated rings. The van der Waals surface area contributed by atoms with E-state index in [1.54, 1.807) is 0 Å². The Morgan fingerprint density at radius 3 is 1.42 bits per heavy atom. The molecule has 0 spiro atoms. The maximum Gasteiger partial charge on any atom is 0.348 e. The van der Waals surface area contributed by atoms with Crippen molar-refractivity contribution in [3.63, 3.8) is 0 Å². The second-order valence-corrected chi connectivity index (χ2v) is 6.72. The second kappa shape index (κ2) is 7.24. The van der Waals surface area contributed by atoms with Gasteiger partial charge in [0.15, 0.2) is 0 Å². The maximum absolute atomic E-state index is 12.3. The zero-order valence-corrected chi connectivity index (χ0v) is 15.9.